The smallest absolute Gasteiger partial charge is 0.237 e. The van der Waals surface area contributed by atoms with Crippen molar-refractivity contribution in [3.05, 3.63) is 29.4 Å². The van der Waals surface area contributed by atoms with Crippen molar-refractivity contribution in [2.24, 2.45) is 5.92 Å². The summed E-state index contributed by atoms with van der Waals surface area (Å²) in [5.41, 5.74) is 1.28. The molecule has 1 saturated carbocycles. The quantitative estimate of drug-likeness (QED) is 0.725. The van der Waals surface area contributed by atoms with E-state index < -0.39 is 0 Å². The Morgan fingerprint density at radius 2 is 2.18 bits per heavy atom. The zero-order valence-electron chi connectivity index (χ0n) is 10.8. The summed E-state index contributed by atoms with van der Waals surface area (Å²) in [5, 5.41) is 4.47. The lowest BCUT2D eigenvalue weighted by atomic mass is 9.98. The molecular formula is C14H21N3. The van der Waals surface area contributed by atoms with Crippen LogP contribution in [0.2, 0.25) is 0 Å². The molecule has 0 N–H and O–H groups in total. The van der Waals surface area contributed by atoms with E-state index in [9.17, 15) is 0 Å². The van der Waals surface area contributed by atoms with Gasteiger partial charge in [0.05, 0.1) is 6.20 Å². The molecule has 92 valence electrons. The van der Waals surface area contributed by atoms with Gasteiger partial charge >= 0.3 is 0 Å². The molecule has 0 unspecified atom stereocenters. The van der Waals surface area contributed by atoms with Crippen molar-refractivity contribution in [2.75, 3.05) is 6.54 Å². The van der Waals surface area contributed by atoms with E-state index in [1.54, 1.807) is 0 Å². The summed E-state index contributed by atoms with van der Waals surface area (Å²) < 4.78 is 2.04. The molecule has 3 heteroatoms. The van der Waals surface area contributed by atoms with Gasteiger partial charge in [0, 0.05) is 6.20 Å². The molecule has 0 aromatic carbocycles. The molecule has 0 radical (unpaired) electrons. The maximum atomic E-state index is 7.12. The van der Waals surface area contributed by atoms with Crippen LogP contribution < -0.4 is 0 Å². The van der Waals surface area contributed by atoms with Crippen LogP contribution >= 0.6 is 0 Å². The minimum Gasteiger partial charge on any atom is -0.315 e. The number of hydrogen-bond donors (Lipinski definition) is 0. The lowest BCUT2D eigenvalue weighted by molar-refractivity contribution is 0.329. The van der Waals surface area contributed by atoms with Gasteiger partial charge in [0.25, 0.3) is 0 Å². The Balaban J connectivity index is 2.16. The van der Waals surface area contributed by atoms with Gasteiger partial charge in [-0.2, -0.15) is 5.10 Å². The molecule has 1 aliphatic rings. The van der Waals surface area contributed by atoms with Crippen LogP contribution in [0.15, 0.2) is 12.4 Å². The largest absolute Gasteiger partial charge is 0.315 e. The zero-order chi connectivity index (χ0) is 12.3. The first-order valence-corrected chi connectivity index (χ1v) is 6.59. The van der Waals surface area contributed by atoms with E-state index in [0.29, 0.717) is 24.4 Å². The average molecular weight is 231 g/mol. The predicted octanol–water partition coefficient (Wildman–Crippen LogP) is 3.66. The summed E-state index contributed by atoms with van der Waals surface area (Å²) in [6.07, 6.45) is 9.25. The third kappa shape index (κ3) is 2.69. The molecule has 17 heavy (non-hydrogen) atoms. The molecule has 1 aliphatic carbocycles. The van der Waals surface area contributed by atoms with E-state index >= 15 is 0 Å². The van der Waals surface area contributed by atoms with Crippen LogP contribution in [-0.2, 0) is 0 Å². The van der Waals surface area contributed by atoms with Crippen LogP contribution in [-0.4, -0.2) is 16.3 Å². The van der Waals surface area contributed by atoms with E-state index in [0.717, 1.165) is 0 Å². The van der Waals surface area contributed by atoms with Gasteiger partial charge in [0.2, 0.25) is 6.54 Å². The maximum absolute atomic E-state index is 7.12. The van der Waals surface area contributed by atoms with E-state index in [1.165, 1.54) is 31.2 Å². The lowest BCUT2D eigenvalue weighted by Crippen LogP contribution is -2.20. The number of aromatic nitrogens is 2. The first kappa shape index (κ1) is 12.2. The van der Waals surface area contributed by atoms with Gasteiger partial charge in [-0.05, 0) is 30.2 Å². The Hall–Kier alpha value is -1.30. The highest BCUT2D eigenvalue weighted by Gasteiger charge is 2.29. The molecular weight excluding hydrogens is 210 g/mol. The monoisotopic (exact) mass is 231 g/mol. The Labute approximate surface area is 104 Å². The third-order valence-electron chi connectivity index (χ3n) is 3.85. The van der Waals surface area contributed by atoms with E-state index in [2.05, 4.69) is 30.0 Å². The molecule has 3 nitrogen and oxygen atoms in total. The predicted molar refractivity (Wildman–Crippen MR) is 68.8 cm³/mol. The van der Waals surface area contributed by atoms with Crippen molar-refractivity contribution in [1.82, 2.24) is 9.78 Å². The van der Waals surface area contributed by atoms with Crippen LogP contribution in [0.5, 0.6) is 0 Å². The average Bonchev–Trinajstić information content (AvgIpc) is 2.97. The van der Waals surface area contributed by atoms with Gasteiger partial charge in [-0.1, -0.05) is 26.7 Å². The molecule has 0 spiro atoms. The Morgan fingerprint density at radius 3 is 2.71 bits per heavy atom. The van der Waals surface area contributed by atoms with Gasteiger partial charge in [0.1, 0.15) is 6.04 Å². The molecule has 0 aliphatic heterocycles. The summed E-state index contributed by atoms with van der Waals surface area (Å²) >= 11 is 0. The Bertz CT molecular complexity index is 394. The number of nitrogens with zero attached hydrogens (tertiary/aromatic N) is 3. The molecule has 1 heterocycles. The molecule has 2 rings (SSSR count). The fourth-order valence-corrected chi connectivity index (χ4v) is 2.72. The Morgan fingerprint density at radius 1 is 1.47 bits per heavy atom. The normalized spacial score (nSPS) is 18.5. The standard InChI is InChI=1S/C14H21N3/c1-11(2)13-8-16-17(10-13)14(9-15-3)12-6-4-5-7-12/h8,10-12,14H,4-7,9H2,1-2H3/t14-/m1/s1. The second kappa shape index (κ2) is 5.35. The molecule has 0 bridgehead atoms. The van der Waals surface area contributed by atoms with Crippen molar-refractivity contribution in [2.45, 2.75) is 51.5 Å². The summed E-state index contributed by atoms with van der Waals surface area (Å²) in [4.78, 5) is 3.60. The Kier molecular flexibility index (Phi) is 3.83. The second-order valence-electron chi connectivity index (χ2n) is 5.36. The fourth-order valence-electron chi connectivity index (χ4n) is 2.72. The van der Waals surface area contributed by atoms with Crippen LogP contribution in [0.1, 0.15) is 57.1 Å². The molecule has 0 saturated heterocycles. The van der Waals surface area contributed by atoms with E-state index in [-0.39, 0.29) is 0 Å². The molecule has 1 fully saturated rings. The molecule has 1 aromatic rings. The molecule has 1 aromatic heterocycles. The number of rotatable bonds is 4. The summed E-state index contributed by atoms with van der Waals surface area (Å²) in [6, 6.07) is 0.294. The van der Waals surface area contributed by atoms with E-state index in [1.807, 2.05) is 10.9 Å². The first-order chi connectivity index (χ1) is 8.22. The maximum Gasteiger partial charge on any atom is 0.237 e. The summed E-state index contributed by atoms with van der Waals surface area (Å²) in [6.45, 7) is 12.1. The van der Waals surface area contributed by atoms with Crippen molar-refractivity contribution >= 4 is 0 Å². The van der Waals surface area contributed by atoms with Crippen molar-refractivity contribution in [3.63, 3.8) is 0 Å². The summed E-state index contributed by atoms with van der Waals surface area (Å²) in [5.74, 6) is 1.17. The lowest BCUT2D eigenvalue weighted by Gasteiger charge is -2.18. The highest BCUT2D eigenvalue weighted by molar-refractivity contribution is 5.09. The van der Waals surface area contributed by atoms with Crippen LogP contribution in [0.4, 0.5) is 0 Å². The molecule has 1 atom stereocenters. The van der Waals surface area contributed by atoms with Gasteiger partial charge in [0.15, 0.2) is 0 Å². The molecule has 0 amide bonds. The van der Waals surface area contributed by atoms with Crippen molar-refractivity contribution in [1.29, 1.82) is 0 Å². The minimum atomic E-state index is 0.294. The van der Waals surface area contributed by atoms with Crippen LogP contribution in [0.25, 0.3) is 4.85 Å². The fraction of sp³-hybridized carbons (Fsp3) is 0.714. The summed E-state index contributed by atoms with van der Waals surface area (Å²) in [7, 11) is 0. The van der Waals surface area contributed by atoms with Gasteiger partial charge in [-0.3, -0.25) is 4.68 Å². The highest BCUT2D eigenvalue weighted by Crippen LogP contribution is 2.34. The first-order valence-electron chi connectivity index (χ1n) is 6.59. The highest BCUT2D eigenvalue weighted by atomic mass is 15.3. The van der Waals surface area contributed by atoms with Crippen LogP contribution in [0.3, 0.4) is 0 Å². The van der Waals surface area contributed by atoms with Crippen molar-refractivity contribution in [3.8, 4) is 0 Å². The van der Waals surface area contributed by atoms with Crippen molar-refractivity contribution < 1.29 is 0 Å². The third-order valence-corrected chi connectivity index (χ3v) is 3.85. The zero-order valence-corrected chi connectivity index (χ0v) is 10.8. The number of hydrogen-bond acceptors (Lipinski definition) is 1. The van der Waals surface area contributed by atoms with Gasteiger partial charge in [-0.25, -0.2) is 6.57 Å². The topological polar surface area (TPSA) is 22.2 Å². The van der Waals surface area contributed by atoms with Gasteiger partial charge < -0.3 is 4.85 Å². The van der Waals surface area contributed by atoms with Crippen LogP contribution in [0, 0.1) is 12.5 Å². The SMILES string of the molecule is [C-]#[N+]C[C@H](C1CCCC1)n1cc(C(C)C)cn1. The van der Waals surface area contributed by atoms with Gasteiger partial charge in [-0.15, -0.1) is 0 Å². The minimum absolute atomic E-state index is 0.294. The van der Waals surface area contributed by atoms with E-state index in [4.69, 9.17) is 6.57 Å². The second-order valence-corrected chi connectivity index (χ2v) is 5.36.